The van der Waals surface area contributed by atoms with Gasteiger partial charge in [0.25, 0.3) is 11.6 Å². The fourth-order valence-corrected chi connectivity index (χ4v) is 3.13. The second-order valence-electron chi connectivity index (χ2n) is 6.48. The first-order valence-electron chi connectivity index (χ1n) is 8.97. The number of nitrogens with one attached hydrogen (secondary N) is 2. The molecule has 0 spiro atoms. The number of nitro groups is 1. The fraction of sp³-hybridized carbons (Fsp3) is 0. The molecule has 0 bridgehead atoms. The van der Waals surface area contributed by atoms with Crippen molar-refractivity contribution in [1.82, 2.24) is 10.4 Å². The summed E-state index contributed by atoms with van der Waals surface area (Å²) in [6.07, 6.45) is 1.39. The van der Waals surface area contributed by atoms with Gasteiger partial charge in [0.15, 0.2) is 0 Å². The third-order valence-electron chi connectivity index (χ3n) is 4.55. The SMILES string of the molecule is O=C(N/N=C\c1ccc([N+](=O)[O-])cc1)c1[nH]c2ccccc2c1-c1ccc(F)cc1. The molecule has 1 heterocycles. The van der Waals surface area contributed by atoms with Gasteiger partial charge in [0.1, 0.15) is 11.5 Å². The van der Waals surface area contributed by atoms with Gasteiger partial charge in [-0.25, -0.2) is 9.82 Å². The number of carbonyl (C=O) groups is 1. The molecule has 3 aromatic carbocycles. The number of benzene rings is 3. The number of nitrogens with zero attached hydrogens (tertiary/aromatic N) is 2. The number of nitro benzene ring substituents is 1. The van der Waals surface area contributed by atoms with Crippen molar-refractivity contribution in [2.45, 2.75) is 0 Å². The molecule has 4 aromatic rings. The van der Waals surface area contributed by atoms with E-state index < -0.39 is 10.8 Å². The van der Waals surface area contributed by atoms with Crippen LogP contribution < -0.4 is 5.43 Å². The number of amides is 1. The van der Waals surface area contributed by atoms with Gasteiger partial charge in [-0.15, -0.1) is 0 Å². The molecule has 1 aromatic heterocycles. The van der Waals surface area contributed by atoms with Crippen molar-refractivity contribution < 1.29 is 14.1 Å². The standard InChI is InChI=1S/C22H15FN4O3/c23-16-9-7-15(8-10-16)20-18-3-1-2-4-19(18)25-21(20)22(28)26-24-13-14-5-11-17(12-6-14)27(29)30/h1-13,25H,(H,26,28)/b24-13-. The molecule has 0 saturated heterocycles. The van der Waals surface area contributed by atoms with E-state index in [9.17, 15) is 19.3 Å². The minimum atomic E-state index is -0.490. The molecule has 0 aliphatic heterocycles. The minimum Gasteiger partial charge on any atom is -0.350 e. The summed E-state index contributed by atoms with van der Waals surface area (Å²) in [5.41, 5.74) is 5.42. The molecule has 0 atom stereocenters. The lowest BCUT2D eigenvalue weighted by molar-refractivity contribution is -0.384. The van der Waals surface area contributed by atoms with Crippen molar-refractivity contribution in [2.24, 2.45) is 5.10 Å². The summed E-state index contributed by atoms with van der Waals surface area (Å²) in [5.74, 6) is -0.832. The zero-order valence-electron chi connectivity index (χ0n) is 15.5. The molecule has 0 saturated carbocycles. The van der Waals surface area contributed by atoms with Crippen molar-refractivity contribution in [3.8, 4) is 11.1 Å². The molecule has 0 unspecified atom stereocenters. The summed E-state index contributed by atoms with van der Waals surface area (Å²) < 4.78 is 13.4. The van der Waals surface area contributed by atoms with E-state index in [1.54, 1.807) is 12.1 Å². The van der Waals surface area contributed by atoms with Crippen LogP contribution in [0.2, 0.25) is 0 Å². The lowest BCUT2D eigenvalue weighted by atomic mass is 10.0. The predicted molar refractivity (Wildman–Crippen MR) is 112 cm³/mol. The Morgan fingerprint density at radius 2 is 1.73 bits per heavy atom. The van der Waals surface area contributed by atoms with E-state index in [1.807, 2.05) is 24.3 Å². The molecule has 0 aliphatic rings. The summed E-state index contributed by atoms with van der Waals surface area (Å²) >= 11 is 0. The highest BCUT2D eigenvalue weighted by Crippen LogP contribution is 2.32. The first kappa shape index (κ1) is 19.0. The van der Waals surface area contributed by atoms with Crippen molar-refractivity contribution in [3.63, 3.8) is 0 Å². The summed E-state index contributed by atoms with van der Waals surface area (Å²) in [6, 6.07) is 19.1. The summed E-state index contributed by atoms with van der Waals surface area (Å²) in [7, 11) is 0. The Labute approximate surface area is 170 Å². The lowest BCUT2D eigenvalue weighted by Crippen LogP contribution is -2.18. The van der Waals surface area contributed by atoms with Crippen LogP contribution in [-0.4, -0.2) is 22.0 Å². The van der Waals surface area contributed by atoms with Gasteiger partial charge in [0.2, 0.25) is 0 Å². The van der Waals surface area contributed by atoms with Crippen LogP contribution in [0, 0.1) is 15.9 Å². The number of halogens is 1. The molecule has 2 N–H and O–H groups in total. The molecular formula is C22H15FN4O3. The molecule has 0 aliphatic carbocycles. The summed E-state index contributed by atoms with van der Waals surface area (Å²) in [6.45, 7) is 0. The van der Waals surface area contributed by atoms with Gasteiger partial charge in [-0.1, -0.05) is 30.3 Å². The Hall–Kier alpha value is -4.33. The predicted octanol–water partition coefficient (Wildman–Crippen LogP) is 4.65. The normalized spacial score (nSPS) is 11.1. The molecule has 8 heteroatoms. The molecule has 0 fully saturated rings. The van der Waals surface area contributed by atoms with Crippen LogP contribution in [0.5, 0.6) is 0 Å². The number of rotatable bonds is 5. The first-order chi connectivity index (χ1) is 14.5. The number of hydrogen-bond acceptors (Lipinski definition) is 4. The Bertz CT molecular complexity index is 1260. The smallest absolute Gasteiger partial charge is 0.288 e. The topological polar surface area (TPSA) is 100 Å². The Kier molecular flexibility index (Phi) is 5.04. The first-order valence-corrected chi connectivity index (χ1v) is 8.97. The molecule has 0 radical (unpaired) electrons. The van der Waals surface area contributed by atoms with Gasteiger partial charge in [-0.2, -0.15) is 5.10 Å². The molecule has 30 heavy (non-hydrogen) atoms. The average molecular weight is 402 g/mol. The van der Waals surface area contributed by atoms with Crippen molar-refractivity contribution >= 4 is 28.7 Å². The van der Waals surface area contributed by atoms with Crippen LogP contribution in [-0.2, 0) is 0 Å². The molecule has 7 nitrogen and oxygen atoms in total. The summed E-state index contributed by atoms with van der Waals surface area (Å²) in [4.78, 5) is 26.1. The monoisotopic (exact) mass is 402 g/mol. The molecule has 1 amide bonds. The zero-order valence-corrected chi connectivity index (χ0v) is 15.5. The van der Waals surface area contributed by atoms with E-state index in [4.69, 9.17) is 0 Å². The second kappa shape index (κ2) is 7.96. The van der Waals surface area contributed by atoms with Gasteiger partial charge in [0.05, 0.1) is 11.1 Å². The Morgan fingerprint density at radius 3 is 2.43 bits per heavy atom. The number of aromatic amines is 1. The number of aromatic nitrogens is 1. The quantitative estimate of drug-likeness (QED) is 0.289. The number of non-ortho nitro benzene ring substituents is 1. The number of para-hydroxylation sites is 1. The molecule has 4 rings (SSSR count). The Morgan fingerprint density at radius 1 is 1.03 bits per heavy atom. The van der Waals surface area contributed by atoms with Crippen LogP contribution in [0.1, 0.15) is 16.1 Å². The largest absolute Gasteiger partial charge is 0.350 e. The Balaban J connectivity index is 1.62. The molecular weight excluding hydrogens is 387 g/mol. The maximum absolute atomic E-state index is 13.4. The van der Waals surface area contributed by atoms with E-state index in [1.165, 1.54) is 42.6 Å². The number of H-pyrrole nitrogens is 1. The third-order valence-corrected chi connectivity index (χ3v) is 4.55. The minimum absolute atomic E-state index is 0.0294. The lowest BCUT2D eigenvalue weighted by Gasteiger charge is -2.04. The highest BCUT2D eigenvalue weighted by atomic mass is 19.1. The third kappa shape index (κ3) is 3.79. The van der Waals surface area contributed by atoms with Crippen LogP contribution in [0.4, 0.5) is 10.1 Å². The van der Waals surface area contributed by atoms with Crippen molar-refractivity contribution in [1.29, 1.82) is 0 Å². The van der Waals surface area contributed by atoms with Gasteiger partial charge >= 0.3 is 0 Å². The van der Waals surface area contributed by atoms with Crippen molar-refractivity contribution in [3.05, 3.63) is 100.0 Å². The number of fused-ring (bicyclic) bond motifs is 1. The number of carbonyl (C=O) groups excluding carboxylic acids is 1. The van der Waals surface area contributed by atoms with E-state index in [0.717, 1.165) is 10.9 Å². The highest BCUT2D eigenvalue weighted by molar-refractivity contribution is 6.09. The number of hydrogen-bond donors (Lipinski definition) is 2. The van der Waals surface area contributed by atoms with Gasteiger partial charge in [-0.3, -0.25) is 14.9 Å². The molecule has 148 valence electrons. The zero-order chi connectivity index (χ0) is 21.1. The van der Waals surface area contributed by atoms with E-state index in [-0.39, 0.29) is 11.5 Å². The van der Waals surface area contributed by atoms with Gasteiger partial charge in [-0.05, 0) is 41.5 Å². The average Bonchev–Trinajstić information content (AvgIpc) is 3.14. The van der Waals surface area contributed by atoms with Crippen molar-refractivity contribution in [2.75, 3.05) is 0 Å². The van der Waals surface area contributed by atoms with Crippen LogP contribution >= 0.6 is 0 Å². The highest BCUT2D eigenvalue weighted by Gasteiger charge is 2.19. The maximum Gasteiger partial charge on any atom is 0.288 e. The fourth-order valence-electron chi connectivity index (χ4n) is 3.13. The van der Waals surface area contributed by atoms with Crippen LogP contribution in [0.15, 0.2) is 77.9 Å². The van der Waals surface area contributed by atoms with E-state index in [2.05, 4.69) is 15.5 Å². The number of hydrazone groups is 1. The van der Waals surface area contributed by atoms with Crippen LogP contribution in [0.3, 0.4) is 0 Å². The van der Waals surface area contributed by atoms with Crippen LogP contribution in [0.25, 0.3) is 22.0 Å². The van der Waals surface area contributed by atoms with E-state index >= 15 is 0 Å². The van der Waals surface area contributed by atoms with E-state index in [0.29, 0.717) is 22.4 Å². The summed E-state index contributed by atoms with van der Waals surface area (Å²) in [5, 5.41) is 15.5. The second-order valence-corrected chi connectivity index (χ2v) is 6.48. The van der Waals surface area contributed by atoms with Gasteiger partial charge < -0.3 is 4.98 Å². The maximum atomic E-state index is 13.4. The van der Waals surface area contributed by atoms with Gasteiger partial charge in [0, 0.05) is 28.6 Å².